The van der Waals surface area contributed by atoms with Gasteiger partial charge in [-0.25, -0.2) is 0 Å². The van der Waals surface area contributed by atoms with Gasteiger partial charge < -0.3 is 0 Å². The summed E-state index contributed by atoms with van der Waals surface area (Å²) < 4.78 is 1.16. The molecule has 0 saturated carbocycles. The lowest BCUT2D eigenvalue weighted by molar-refractivity contribution is 0.104. The van der Waals surface area contributed by atoms with Gasteiger partial charge in [0, 0.05) is 43.2 Å². The van der Waals surface area contributed by atoms with Crippen LogP contribution in [0.15, 0.2) is 28.7 Å². The van der Waals surface area contributed by atoms with Gasteiger partial charge in [-0.05, 0) is 31.5 Å². The first-order chi connectivity index (χ1) is 8.15. The van der Waals surface area contributed by atoms with Crippen molar-refractivity contribution in [1.82, 2.24) is 9.80 Å². The van der Waals surface area contributed by atoms with Crippen molar-refractivity contribution in [3.8, 4) is 0 Å². The molecule has 1 aromatic carbocycles. The highest BCUT2D eigenvalue weighted by Gasteiger charge is 2.18. The van der Waals surface area contributed by atoms with E-state index >= 15 is 0 Å². The highest BCUT2D eigenvalue weighted by molar-refractivity contribution is 9.10. The predicted molar refractivity (Wildman–Crippen MR) is 76.1 cm³/mol. The molecule has 0 N–H and O–H groups in total. The molecule has 0 radical (unpaired) electrons. The number of halogens is 1. The smallest absolute Gasteiger partial charge is 0.0234 e. The third kappa shape index (κ3) is 3.80. The molecule has 0 bridgehead atoms. The van der Waals surface area contributed by atoms with Crippen molar-refractivity contribution in [2.24, 2.45) is 0 Å². The van der Waals surface area contributed by atoms with Crippen LogP contribution < -0.4 is 0 Å². The number of benzene rings is 1. The zero-order valence-electron chi connectivity index (χ0n) is 10.7. The Labute approximate surface area is 113 Å². The van der Waals surface area contributed by atoms with Gasteiger partial charge in [0.25, 0.3) is 0 Å². The number of rotatable bonds is 3. The van der Waals surface area contributed by atoms with Gasteiger partial charge in [-0.3, -0.25) is 9.80 Å². The fourth-order valence-corrected chi connectivity index (χ4v) is 2.55. The molecular formula is C14H21BrN2. The van der Waals surface area contributed by atoms with Gasteiger partial charge >= 0.3 is 0 Å². The molecule has 0 amide bonds. The number of piperazine rings is 1. The molecule has 1 heterocycles. The van der Waals surface area contributed by atoms with Crippen LogP contribution in [0.2, 0.25) is 0 Å². The van der Waals surface area contributed by atoms with Crippen LogP contribution in [0.3, 0.4) is 0 Å². The van der Waals surface area contributed by atoms with Crippen LogP contribution in [-0.4, -0.2) is 42.0 Å². The van der Waals surface area contributed by atoms with E-state index in [0.29, 0.717) is 6.04 Å². The SMILES string of the molecule is CC(C)N1CCN(Cc2ccc(Br)cc2)CC1. The molecule has 1 aliphatic rings. The lowest BCUT2D eigenvalue weighted by Crippen LogP contribution is -2.48. The Morgan fingerprint density at radius 1 is 1.06 bits per heavy atom. The van der Waals surface area contributed by atoms with E-state index in [4.69, 9.17) is 0 Å². The maximum atomic E-state index is 3.47. The Bertz CT molecular complexity index is 340. The number of hydrogen-bond acceptors (Lipinski definition) is 2. The van der Waals surface area contributed by atoms with Crippen molar-refractivity contribution in [2.45, 2.75) is 26.4 Å². The minimum Gasteiger partial charge on any atom is -0.298 e. The molecule has 1 aromatic rings. The van der Waals surface area contributed by atoms with E-state index in [0.717, 1.165) is 11.0 Å². The molecule has 0 aromatic heterocycles. The molecule has 17 heavy (non-hydrogen) atoms. The molecule has 0 unspecified atom stereocenters. The van der Waals surface area contributed by atoms with Gasteiger partial charge in [0.2, 0.25) is 0 Å². The first-order valence-electron chi connectivity index (χ1n) is 6.36. The second-order valence-electron chi connectivity index (χ2n) is 5.03. The lowest BCUT2D eigenvalue weighted by Gasteiger charge is -2.36. The Morgan fingerprint density at radius 2 is 1.65 bits per heavy atom. The third-order valence-electron chi connectivity index (χ3n) is 3.46. The van der Waals surface area contributed by atoms with Crippen LogP contribution in [0, 0.1) is 0 Å². The summed E-state index contributed by atoms with van der Waals surface area (Å²) in [7, 11) is 0. The lowest BCUT2D eigenvalue weighted by atomic mass is 10.2. The van der Waals surface area contributed by atoms with Crippen LogP contribution in [0.5, 0.6) is 0 Å². The summed E-state index contributed by atoms with van der Waals surface area (Å²) in [6.45, 7) is 10.4. The zero-order valence-corrected chi connectivity index (χ0v) is 12.3. The monoisotopic (exact) mass is 296 g/mol. The third-order valence-corrected chi connectivity index (χ3v) is 3.99. The van der Waals surface area contributed by atoms with Gasteiger partial charge in [-0.15, -0.1) is 0 Å². The summed E-state index contributed by atoms with van der Waals surface area (Å²) in [6.07, 6.45) is 0. The maximum absolute atomic E-state index is 3.47. The standard InChI is InChI=1S/C14H21BrN2/c1-12(2)17-9-7-16(8-10-17)11-13-3-5-14(15)6-4-13/h3-6,12H,7-11H2,1-2H3. The molecule has 94 valence electrons. The highest BCUT2D eigenvalue weighted by Crippen LogP contribution is 2.14. The fraction of sp³-hybridized carbons (Fsp3) is 0.571. The molecule has 3 heteroatoms. The first-order valence-corrected chi connectivity index (χ1v) is 7.15. The molecule has 0 aliphatic carbocycles. The molecule has 1 saturated heterocycles. The van der Waals surface area contributed by atoms with Gasteiger partial charge in [-0.2, -0.15) is 0 Å². The maximum Gasteiger partial charge on any atom is 0.0234 e. The van der Waals surface area contributed by atoms with E-state index in [-0.39, 0.29) is 0 Å². The fourth-order valence-electron chi connectivity index (χ4n) is 2.29. The van der Waals surface area contributed by atoms with Crippen LogP contribution >= 0.6 is 15.9 Å². The normalized spacial score (nSPS) is 18.8. The summed E-state index contributed by atoms with van der Waals surface area (Å²) in [5, 5.41) is 0. The van der Waals surface area contributed by atoms with E-state index in [9.17, 15) is 0 Å². The molecule has 1 fully saturated rings. The van der Waals surface area contributed by atoms with Crippen LogP contribution in [0.4, 0.5) is 0 Å². The van der Waals surface area contributed by atoms with Crippen molar-refractivity contribution >= 4 is 15.9 Å². The van der Waals surface area contributed by atoms with Crippen LogP contribution in [0.25, 0.3) is 0 Å². The number of nitrogens with zero attached hydrogens (tertiary/aromatic N) is 2. The van der Waals surface area contributed by atoms with Gasteiger partial charge in [0.05, 0.1) is 0 Å². The summed E-state index contributed by atoms with van der Waals surface area (Å²) in [5.74, 6) is 0. The Hall–Kier alpha value is -0.380. The largest absolute Gasteiger partial charge is 0.298 e. The summed E-state index contributed by atoms with van der Waals surface area (Å²) in [6, 6.07) is 9.35. The second kappa shape index (κ2) is 5.98. The van der Waals surface area contributed by atoms with E-state index < -0.39 is 0 Å². The second-order valence-corrected chi connectivity index (χ2v) is 5.95. The Kier molecular flexibility index (Phi) is 4.60. The molecule has 2 rings (SSSR count). The molecule has 0 atom stereocenters. The summed E-state index contributed by atoms with van der Waals surface area (Å²) in [4.78, 5) is 5.10. The van der Waals surface area contributed by atoms with Gasteiger partial charge in [-0.1, -0.05) is 28.1 Å². The quantitative estimate of drug-likeness (QED) is 0.846. The predicted octanol–water partition coefficient (Wildman–Crippen LogP) is 2.98. The van der Waals surface area contributed by atoms with Crippen molar-refractivity contribution in [1.29, 1.82) is 0 Å². The minimum atomic E-state index is 0.685. The molecule has 2 nitrogen and oxygen atoms in total. The summed E-state index contributed by atoms with van der Waals surface area (Å²) in [5.41, 5.74) is 1.41. The van der Waals surface area contributed by atoms with Crippen molar-refractivity contribution in [2.75, 3.05) is 26.2 Å². The average molecular weight is 297 g/mol. The average Bonchev–Trinajstić information content (AvgIpc) is 2.33. The zero-order chi connectivity index (χ0) is 12.3. The van der Waals surface area contributed by atoms with Crippen LogP contribution in [-0.2, 0) is 6.54 Å². The molecule has 0 spiro atoms. The number of hydrogen-bond donors (Lipinski definition) is 0. The summed E-state index contributed by atoms with van der Waals surface area (Å²) >= 11 is 3.47. The molecular weight excluding hydrogens is 276 g/mol. The van der Waals surface area contributed by atoms with Crippen molar-refractivity contribution in [3.63, 3.8) is 0 Å². The first kappa shape index (κ1) is 13.1. The Morgan fingerprint density at radius 3 is 2.18 bits per heavy atom. The van der Waals surface area contributed by atoms with Gasteiger partial charge in [0.15, 0.2) is 0 Å². The van der Waals surface area contributed by atoms with Crippen LogP contribution in [0.1, 0.15) is 19.4 Å². The Balaban J connectivity index is 1.84. The van der Waals surface area contributed by atoms with E-state index in [1.807, 2.05) is 0 Å². The van der Waals surface area contributed by atoms with Crippen molar-refractivity contribution < 1.29 is 0 Å². The van der Waals surface area contributed by atoms with E-state index in [2.05, 4.69) is 63.8 Å². The van der Waals surface area contributed by atoms with Crippen molar-refractivity contribution in [3.05, 3.63) is 34.3 Å². The minimum absolute atomic E-state index is 0.685. The molecule has 1 aliphatic heterocycles. The topological polar surface area (TPSA) is 6.48 Å². The van der Waals surface area contributed by atoms with E-state index in [1.165, 1.54) is 31.7 Å². The highest BCUT2D eigenvalue weighted by atomic mass is 79.9. The van der Waals surface area contributed by atoms with E-state index in [1.54, 1.807) is 0 Å². The van der Waals surface area contributed by atoms with Gasteiger partial charge in [0.1, 0.15) is 0 Å².